The second-order valence-electron chi connectivity index (χ2n) is 2.78. The molecule has 0 spiro atoms. The highest BCUT2D eigenvalue weighted by Gasteiger charge is 2.14. The molecule has 78 valence electrons. The Morgan fingerprint density at radius 1 is 1.43 bits per heavy atom. The summed E-state index contributed by atoms with van der Waals surface area (Å²) in [5.41, 5.74) is 5.85. The average molecular weight is 255 g/mol. The Morgan fingerprint density at radius 2 is 2.00 bits per heavy atom. The van der Waals surface area contributed by atoms with Crippen LogP contribution in [0.25, 0.3) is 0 Å². The molecule has 0 saturated carbocycles. The molecule has 1 atom stereocenters. The fraction of sp³-hybridized carbons (Fsp3) is 0.222. The predicted octanol–water partition coefficient (Wildman–Crippen LogP) is 2.95. The van der Waals surface area contributed by atoms with Gasteiger partial charge in [0.15, 0.2) is 5.78 Å². The van der Waals surface area contributed by atoms with E-state index in [0.29, 0.717) is 15.6 Å². The Hall–Kier alpha value is -0.280. The lowest BCUT2D eigenvalue weighted by molar-refractivity contribution is 0.0968. The van der Waals surface area contributed by atoms with Crippen molar-refractivity contribution in [1.29, 1.82) is 0 Å². The number of nitrogens with two attached hydrogens (primary N) is 1. The number of carbonyl (C=O) groups excluding carboxylic acids is 1. The van der Waals surface area contributed by atoms with Crippen molar-refractivity contribution in [2.75, 3.05) is 0 Å². The number of rotatable bonds is 2. The molecule has 0 amide bonds. The Kier molecular flexibility index (Phi) is 5.45. The summed E-state index contributed by atoms with van der Waals surface area (Å²) in [4.78, 5) is 11.4. The zero-order chi connectivity index (χ0) is 10.0. The molecule has 0 aliphatic heterocycles. The molecule has 2 N–H and O–H groups in total. The number of carbonyl (C=O) groups is 1. The summed E-state index contributed by atoms with van der Waals surface area (Å²) in [7, 11) is 0. The van der Waals surface area contributed by atoms with Crippen LogP contribution in [0.4, 0.5) is 0 Å². The normalized spacial score (nSPS) is 11.7. The first-order valence-electron chi connectivity index (χ1n) is 3.77. The fourth-order valence-corrected chi connectivity index (χ4v) is 1.44. The van der Waals surface area contributed by atoms with Crippen LogP contribution < -0.4 is 5.73 Å². The second-order valence-corrected chi connectivity index (χ2v) is 3.62. The van der Waals surface area contributed by atoms with Gasteiger partial charge in [0, 0.05) is 10.6 Å². The molecule has 14 heavy (non-hydrogen) atoms. The summed E-state index contributed by atoms with van der Waals surface area (Å²) >= 11 is 11.5. The molecule has 0 heterocycles. The Bertz CT molecular complexity index is 339. The number of ketones is 1. The number of Topliss-reactive ketones (excluding diaryl/α,β-unsaturated/α-hetero) is 1. The molecular weight excluding hydrogens is 244 g/mol. The van der Waals surface area contributed by atoms with E-state index in [1.165, 1.54) is 6.07 Å². The lowest BCUT2D eigenvalue weighted by atomic mass is 10.1. The van der Waals surface area contributed by atoms with E-state index >= 15 is 0 Å². The highest BCUT2D eigenvalue weighted by atomic mass is 35.5. The minimum Gasteiger partial charge on any atom is -0.321 e. The first-order valence-corrected chi connectivity index (χ1v) is 4.53. The van der Waals surface area contributed by atoms with Crippen LogP contribution in [0.5, 0.6) is 0 Å². The van der Waals surface area contributed by atoms with Gasteiger partial charge < -0.3 is 5.73 Å². The summed E-state index contributed by atoms with van der Waals surface area (Å²) in [6.07, 6.45) is 0. The van der Waals surface area contributed by atoms with Crippen LogP contribution in [0.15, 0.2) is 18.2 Å². The van der Waals surface area contributed by atoms with Crippen molar-refractivity contribution in [3.63, 3.8) is 0 Å². The summed E-state index contributed by atoms with van der Waals surface area (Å²) in [5, 5.41) is 0.848. The van der Waals surface area contributed by atoms with Gasteiger partial charge in [0.25, 0.3) is 0 Å². The molecule has 5 heteroatoms. The van der Waals surface area contributed by atoms with Crippen molar-refractivity contribution in [2.24, 2.45) is 5.73 Å². The van der Waals surface area contributed by atoms with Gasteiger partial charge in [-0.3, -0.25) is 4.79 Å². The smallest absolute Gasteiger partial charge is 0.180 e. The van der Waals surface area contributed by atoms with E-state index in [9.17, 15) is 4.79 Å². The standard InChI is InChI=1S/C9H9Cl2NO.ClH/c1-5(12)9(13)7-3-2-6(10)4-8(7)11;/h2-5H,12H2,1H3;1H. The van der Waals surface area contributed by atoms with E-state index in [1.54, 1.807) is 19.1 Å². The lowest BCUT2D eigenvalue weighted by Crippen LogP contribution is -2.26. The van der Waals surface area contributed by atoms with Gasteiger partial charge in [0.2, 0.25) is 0 Å². The molecule has 0 saturated heterocycles. The highest BCUT2D eigenvalue weighted by molar-refractivity contribution is 6.37. The quantitative estimate of drug-likeness (QED) is 0.825. The molecule has 0 aliphatic carbocycles. The Morgan fingerprint density at radius 3 is 2.43 bits per heavy atom. The summed E-state index contributed by atoms with van der Waals surface area (Å²) in [6.45, 7) is 1.62. The molecule has 0 bridgehead atoms. The maximum absolute atomic E-state index is 11.4. The maximum Gasteiger partial charge on any atom is 0.180 e. The number of halogens is 3. The first-order chi connectivity index (χ1) is 6.02. The van der Waals surface area contributed by atoms with Crippen molar-refractivity contribution >= 4 is 41.4 Å². The molecule has 1 rings (SSSR count). The third-order valence-electron chi connectivity index (χ3n) is 1.61. The molecule has 0 aromatic heterocycles. The van der Waals surface area contributed by atoms with Gasteiger partial charge in [-0.25, -0.2) is 0 Å². The van der Waals surface area contributed by atoms with Crippen LogP contribution in [-0.2, 0) is 0 Å². The topological polar surface area (TPSA) is 43.1 Å². The van der Waals surface area contributed by atoms with Crippen molar-refractivity contribution < 1.29 is 4.79 Å². The molecular formula is C9H10Cl3NO. The van der Waals surface area contributed by atoms with Crippen molar-refractivity contribution in [2.45, 2.75) is 13.0 Å². The molecule has 2 nitrogen and oxygen atoms in total. The maximum atomic E-state index is 11.4. The fourth-order valence-electron chi connectivity index (χ4n) is 0.935. The van der Waals surface area contributed by atoms with Crippen LogP contribution in [0.2, 0.25) is 10.0 Å². The van der Waals surface area contributed by atoms with E-state index in [4.69, 9.17) is 28.9 Å². The lowest BCUT2D eigenvalue weighted by Gasteiger charge is -2.06. The second kappa shape index (κ2) is 5.56. The van der Waals surface area contributed by atoms with Crippen LogP contribution in [0, 0.1) is 0 Å². The highest BCUT2D eigenvalue weighted by Crippen LogP contribution is 2.21. The zero-order valence-electron chi connectivity index (χ0n) is 7.46. The van der Waals surface area contributed by atoms with E-state index in [-0.39, 0.29) is 18.2 Å². The number of benzene rings is 1. The van der Waals surface area contributed by atoms with E-state index < -0.39 is 6.04 Å². The van der Waals surface area contributed by atoms with Gasteiger partial charge in [-0.05, 0) is 25.1 Å². The zero-order valence-corrected chi connectivity index (χ0v) is 9.79. The predicted molar refractivity (Wildman–Crippen MR) is 61.7 cm³/mol. The van der Waals surface area contributed by atoms with Gasteiger partial charge in [-0.2, -0.15) is 0 Å². The van der Waals surface area contributed by atoms with Gasteiger partial charge in [0.05, 0.1) is 11.1 Å². The summed E-state index contributed by atoms with van der Waals surface area (Å²) in [6, 6.07) is 4.18. The van der Waals surface area contributed by atoms with Gasteiger partial charge in [-0.15, -0.1) is 12.4 Å². The van der Waals surface area contributed by atoms with Gasteiger partial charge in [-0.1, -0.05) is 23.2 Å². The molecule has 0 aliphatic rings. The monoisotopic (exact) mass is 253 g/mol. The molecule has 1 aromatic carbocycles. The third-order valence-corrected chi connectivity index (χ3v) is 2.16. The summed E-state index contributed by atoms with van der Waals surface area (Å²) < 4.78 is 0. The van der Waals surface area contributed by atoms with Crippen molar-refractivity contribution in [3.8, 4) is 0 Å². The van der Waals surface area contributed by atoms with E-state index in [2.05, 4.69) is 0 Å². The van der Waals surface area contributed by atoms with E-state index in [0.717, 1.165) is 0 Å². The van der Waals surface area contributed by atoms with Crippen LogP contribution >= 0.6 is 35.6 Å². The van der Waals surface area contributed by atoms with Crippen molar-refractivity contribution in [1.82, 2.24) is 0 Å². The van der Waals surface area contributed by atoms with Gasteiger partial charge >= 0.3 is 0 Å². The third kappa shape index (κ3) is 3.14. The minimum atomic E-state index is -0.543. The van der Waals surface area contributed by atoms with Crippen LogP contribution in [-0.4, -0.2) is 11.8 Å². The molecule has 0 fully saturated rings. The molecule has 0 radical (unpaired) electrons. The van der Waals surface area contributed by atoms with E-state index in [1.807, 2.05) is 0 Å². The number of hydrogen-bond donors (Lipinski definition) is 1. The SMILES string of the molecule is CC(N)C(=O)c1ccc(Cl)cc1Cl.Cl. The largest absolute Gasteiger partial charge is 0.321 e. The average Bonchev–Trinajstić information content (AvgIpc) is 2.03. The number of hydrogen-bond acceptors (Lipinski definition) is 2. The Labute approximate surface area is 98.8 Å². The minimum absolute atomic E-state index is 0. The molecule has 1 aromatic rings. The summed E-state index contributed by atoms with van der Waals surface area (Å²) in [5.74, 6) is -0.179. The Balaban J connectivity index is 0.00000169. The van der Waals surface area contributed by atoms with Crippen LogP contribution in [0.3, 0.4) is 0 Å². The van der Waals surface area contributed by atoms with Gasteiger partial charge in [0.1, 0.15) is 0 Å². The van der Waals surface area contributed by atoms with Crippen LogP contribution in [0.1, 0.15) is 17.3 Å². The molecule has 1 unspecified atom stereocenters. The van der Waals surface area contributed by atoms with Crippen molar-refractivity contribution in [3.05, 3.63) is 33.8 Å². The first kappa shape index (κ1) is 13.7.